The number of hydrogen-bond donors (Lipinski definition) is 0. The van der Waals surface area contributed by atoms with Crippen molar-refractivity contribution in [2.75, 3.05) is 0 Å². The maximum Gasteiger partial charge on any atom is 0.313 e. The summed E-state index contributed by atoms with van der Waals surface area (Å²) in [6.45, 7) is 11.8. The number of hydrogen-bond acceptors (Lipinski definition) is 3. The predicted octanol–water partition coefficient (Wildman–Crippen LogP) is 5.32. The van der Waals surface area contributed by atoms with Crippen LogP contribution in [0.4, 0.5) is 0 Å². The molecule has 1 atom stereocenters. The normalized spacial score (nSPS) is 36.2. The topological polar surface area (TPSA) is 35.5 Å². The van der Waals surface area contributed by atoms with Crippen LogP contribution in [0.2, 0.25) is 0 Å². The minimum absolute atomic E-state index is 0.00477. The van der Waals surface area contributed by atoms with E-state index in [1.165, 1.54) is 38.5 Å². The molecule has 4 fully saturated rings. The third-order valence-corrected chi connectivity index (χ3v) is 6.11. The largest absolute Gasteiger partial charge is 0.436 e. The van der Waals surface area contributed by atoms with Crippen molar-refractivity contribution in [1.82, 2.24) is 0 Å². The molecule has 4 aliphatic rings. The van der Waals surface area contributed by atoms with Crippen LogP contribution in [0.25, 0.3) is 0 Å². The standard InChI is InChI=1S/C18H30O3.C2H6/c1-5-17(3,4)16(19)20-12(2)21-18-9-13-6-14(10-18)8-15(7-13)11-18;1-2/h12-15H,5-11H2,1-4H3;1-2H3. The van der Waals surface area contributed by atoms with E-state index in [1.54, 1.807) is 0 Å². The van der Waals surface area contributed by atoms with Crippen molar-refractivity contribution in [3.8, 4) is 0 Å². The van der Waals surface area contributed by atoms with Gasteiger partial charge in [0, 0.05) is 0 Å². The van der Waals surface area contributed by atoms with Gasteiger partial charge >= 0.3 is 5.97 Å². The molecule has 0 aromatic heterocycles. The molecular weight excluding hydrogens is 288 g/mol. The van der Waals surface area contributed by atoms with E-state index in [9.17, 15) is 4.79 Å². The van der Waals surface area contributed by atoms with E-state index in [0.29, 0.717) is 0 Å². The molecule has 4 saturated carbocycles. The van der Waals surface area contributed by atoms with Crippen molar-refractivity contribution < 1.29 is 14.3 Å². The lowest BCUT2D eigenvalue weighted by molar-refractivity contribution is -0.248. The maximum atomic E-state index is 12.2. The molecule has 134 valence electrons. The molecule has 4 rings (SSSR count). The number of carbonyl (C=O) groups excluding carboxylic acids is 1. The zero-order valence-corrected chi connectivity index (χ0v) is 16.0. The highest BCUT2D eigenvalue weighted by atomic mass is 16.7. The molecule has 23 heavy (non-hydrogen) atoms. The molecule has 3 nitrogen and oxygen atoms in total. The molecule has 3 heteroatoms. The highest BCUT2D eigenvalue weighted by Crippen LogP contribution is 2.57. The van der Waals surface area contributed by atoms with Gasteiger partial charge in [-0.15, -0.1) is 0 Å². The summed E-state index contributed by atoms with van der Waals surface area (Å²) in [5.41, 5.74) is -0.413. The number of esters is 1. The maximum absolute atomic E-state index is 12.2. The van der Waals surface area contributed by atoms with Crippen LogP contribution < -0.4 is 0 Å². The monoisotopic (exact) mass is 324 g/mol. The average Bonchev–Trinajstić information content (AvgIpc) is 2.47. The van der Waals surface area contributed by atoms with Crippen molar-refractivity contribution in [2.24, 2.45) is 23.2 Å². The molecule has 0 aromatic carbocycles. The predicted molar refractivity (Wildman–Crippen MR) is 93.0 cm³/mol. The van der Waals surface area contributed by atoms with Crippen LogP contribution >= 0.6 is 0 Å². The summed E-state index contributed by atoms with van der Waals surface area (Å²) < 4.78 is 11.9. The second-order valence-corrected chi connectivity index (χ2v) is 8.43. The van der Waals surface area contributed by atoms with E-state index in [-0.39, 0.29) is 11.6 Å². The summed E-state index contributed by atoms with van der Waals surface area (Å²) in [5.74, 6) is 2.42. The van der Waals surface area contributed by atoms with Gasteiger partial charge < -0.3 is 9.47 Å². The summed E-state index contributed by atoms with van der Waals surface area (Å²) in [4.78, 5) is 12.2. The van der Waals surface area contributed by atoms with Gasteiger partial charge in [0.25, 0.3) is 0 Å². The van der Waals surface area contributed by atoms with Crippen LogP contribution in [0.3, 0.4) is 0 Å². The second-order valence-electron chi connectivity index (χ2n) is 8.43. The summed E-state index contributed by atoms with van der Waals surface area (Å²) in [5, 5.41) is 0. The molecule has 0 N–H and O–H groups in total. The lowest BCUT2D eigenvalue weighted by Crippen LogP contribution is -2.53. The molecule has 0 saturated heterocycles. The van der Waals surface area contributed by atoms with Crippen molar-refractivity contribution in [2.45, 2.75) is 98.4 Å². The van der Waals surface area contributed by atoms with E-state index in [0.717, 1.165) is 24.2 Å². The Morgan fingerprint density at radius 3 is 1.91 bits per heavy atom. The first kappa shape index (κ1) is 18.8. The average molecular weight is 325 g/mol. The molecule has 0 spiro atoms. The van der Waals surface area contributed by atoms with Crippen molar-refractivity contribution in [3.63, 3.8) is 0 Å². The van der Waals surface area contributed by atoms with E-state index in [2.05, 4.69) is 0 Å². The van der Waals surface area contributed by atoms with Crippen LogP contribution in [0.5, 0.6) is 0 Å². The molecule has 0 heterocycles. The van der Waals surface area contributed by atoms with Crippen molar-refractivity contribution >= 4 is 5.97 Å². The highest BCUT2D eigenvalue weighted by Gasteiger charge is 2.52. The molecule has 0 radical (unpaired) electrons. The Morgan fingerprint density at radius 2 is 1.52 bits per heavy atom. The molecule has 0 amide bonds. The van der Waals surface area contributed by atoms with Gasteiger partial charge in [0.05, 0.1) is 11.0 Å². The zero-order chi connectivity index (χ0) is 17.3. The Morgan fingerprint density at radius 1 is 1.09 bits per heavy atom. The molecule has 4 bridgehead atoms. The fraction of sp³-hybridized carbons (Fsp3) is 0.950. The van der Waals surface area contributed by atoms with Crippen LogP contribution in [-0.2, 0) is 14.3 Å². The van der Waals surface area contributed by atoms with Gasteiger partial charge in [0.1, 0.15) is 0 Å². The smallest absolute Gasteiger partial charge is 0.313 e. The van der Waals surface area contributed by atoms with Crippen LogP contribution in [0, 0.1) is 23.2 Å². The first-order chi connectivity index (χ1) is 10.8. The Balaban J connectivity index is 0.000000924. The Bertz CT molecular complexity index is 378. The van der Waals surface area contributed by atoms with E-state index in [1.807, 2.05) is 41.5 Å². The van der Waals surface area contributed by atoms with E-state index in [4.69, 9.17) is 9.47 Å². The van der Waals surface area contributed by atoms with E-state index < -0.39 is 11.7 Å². The van der Waals surface area contributed by atoms with Crippen molar-refractivity contribution in [3.05, 3.63) is 0 Å². The summed E-state index contributed by atoms with van der Waals surface area (Å²) in [6.07, 6.45) is 8.11. The van der Waals surface area contributed by atoms with Gasteiger partial charge in [0.15, 0.2) is 0 Å². The first-order valence-corrected chi connectivity index (χ1v) is 9.71. The van der Waals surface area contributed by atoms with Gasteiger partial charge in [-0.3, -0.25) is 4.79 Å². The van der Waals surface area contributed by atoms with Crippen LogP contribution in [-0.4, -0.2) is 17.9 Å². The fourth-order valence-corrected chi connectivity index (χ4v) is 5.01. The van der Waals surface area contributed by atoms with Crippen molar-refractivity contribution in [1.29, 1.82) is 0 Å². The number of ether oxygens (including phenoxy) is 2. The number of rotatable bonds is 5. The minimum atomic E-state index is -0.418. The lowest BCUT2D eigenvalue weighted by atomic mass is 9.54. The SMILES string of the molecule is CC.CCC(C)(C)C(=O)OC(C)OC12CC3CC(CC(C3)C1)C2. The van der Waals surface area contributed by atoms with Gasteiger partial charge in [-0.25, -0.2) is 0 Å². The Labute approximate surface area is 142 Å². The van der Waals surface area contributed by atoms with Gasteiger partial charge in [-0.1, -0.05) is 20.8 Å². The molecule has 0 aromatic rings. The fourth-order valence-electron chi connectivity index (χ4n) is 5.01. The zero-order valence-electron chi connectivity index (χ0n) is 16.0. The molecular formula is C20H36O3. The minimum Gasteiger partial charge on any atom is -0.436 e. The summed E-state index contributed by atoms with van der Waals surface area (Å²) in [6, 6.07) is 0. The highest BCUT2D eigenvalue weighted by molar-refractivity contribution is 5.75. The summed E-state index contributed by atoms with van der Waals surface area (Å²) >= 11 is 0. The quantitative estimate of drug-likeness (QED) is 0.507. The molecule has 0 aliphatic heterocycles. The van der Waals surface area contributed by atoms with Gasteiger partial charge in [-0.2, -0.15) is 0 Å². The third-order valence-electron chi connectivity index (χ3n) is 6.11. The van der Waals surface area contributed by atoms with Crippen LogP contribution in [0.1, 0.15) is 86.5 Å². The van der Waals surface area contributed by atoms with E-state index >= 15 is 0 Å². The lowest BCUT2D eigenvalue weighted by Gasteiger charge is -2.56. The molecule has 1 unspecified atom stereocenters. The first-order valence-electron chi connectivity index (χ1n) is 9.71. The second kappa shape index (κ2) is 7.13. The molecule has 4 aliphatic carbocycles. The van der Waals surface area contributed by atoms with Crippen LogP contribution in [0.15, 0.2) is 0 Å². The summed E-state index contributed by atoms with van der Waals surface area (Å²) in [7, 11) is 0. The van der Waals surface area contributed by atoms with Gasteiger partial charge in [0.2, 0.25) is 6.29 Å². The Hall–Kier alpha value is -0.570. The Kier molecular flexibility index (Phi) is 5.81. The van der Waals surface area contributed by atoms with Gasteiger partial charge in [-0.05, 0) is 83.5 Å². The number of carbonyl (C=O) groups is 1. The third kappa shape index (κ3) is 4.10.